The SMILES string of the molecule is CN1CCN(C2CCN(c3ccc(N)cc3C(F)(F)F)CC2)CC1. The van der Waals surface area contributed by atoms with E-state index in [0.29, 0.717) is 19.1 Å². The van der Waals surface area contributed by atoms with Crippen LogP contribution in [-0.2, 0) is 6.18 Å². The van der Waals surface area contributed by atoms with Crippen molar-refractivity contribution in [2.75, 3.05) is 56.9 Å². The van der Waals surface area contributed by atoms with Crippen LogP contribution in [0.3, 0.4) is 0 Å². The van der Waals surface area contributed by atoms with Crippen LogP contribution in [-0.4, -0.2) is 62.2 Å². The molecule has 1 aromatic carbocycles. The third-order valence-corrected chi connectivity index (χ3v) is 5.19. The molecule has 0 radical (unpaired) electrons. The van der Waals surface area contributed by atoms with E-state index in [4.69, 9.17) is 5.73 Å². The molecule has 0 unspecified atom stereocenters. The Morgan fingerprint density at radius 3 is 2.21 bits per heavy atom. The van der Waals surface area contributed by atoms with Crippen LogP contribution in [0, 0.1) is 0 Å². The molecule has 134 valence electrons. The molecule has 3 rings (SSSR count). The second-order valence-corrected chi connectivity index (χ2v) is 6.83. The summed E-state index contributed by atoms with van der Waals surface area (Å²) in [5, 5.41) is 0. The number of nitrogens with zero attached hydrogens (tertiary/aromatic N) is 3. The molecule has 4 nitrogen and oxygen atoms in total. The second-order valence-electron chi connectivity index (χ2n) is 6.83. The van der Waals surface area contributed by atoms with Crippen molar-refractivity contribution in [2.24, 2.45) is 0 Å². The van der Waals surface area contributed by atoms with E-state index in [1.807, 2.05) is 4.90 Å². The second kappa shape index (κ2) is 6.80. The first kappa shape index (κ1) is 17.4. The molecule has 1 aromatic rings. The van der Waals surface area contributed by atoms with Crippen molar-refractivity contribution >= 4 is 11.4 Å². The number of likely N-dealkylation sites (N-methyl/N-ethyl adjacent to an activating group) is 1. The number of piperidine rings is 1. The van der Waals surface area contributed by atoms with Gasteiger partial charge in [-0.05, 0) is 38.1 Å². The first-order valence-corrected chi connectivity index (χ1v) is 8.49. The fourth-order valence-electron chi connectivity index (χ4n) is 3.72. The first-order valence-electron chi connectivity index (χ1n) is 8.49. The summed E-state index contributed by atoms with van der Waals surface area (Å²) in [6.45, 7) is 5.55. The van der Waals surface area contributed by atoms with Gasteiger partial charge in [-0.1, -0.05) is 0 Å². The molecule has 0 bridgehead atoms. The van der Waals surface area contributed by atoms with Crippen LogP contribution >= 0.6 is 0 Å². The lowest BCUT2D eigenvalue weighted by Gasteiger charge is -2.43. The molecule has 2 aliphatic rings. The van der Waals surface area contributed by atoms with Crippen LogP contribution < -0.4 is 10.6 Å². The van der Waals surface area contributed by atoms with Crippen LogP contribution in [0.2, 0.25) is 0 Å². The van der Waals surface area contributed by atoms with Crippen molar-refractivity contribution in [3.8, 4) is 0 Å². The standard InChI is InChI=1S/C17H25F3N4/c1-22-8-10-23(11-9-22)14-4-6-24(7-5-14)16-3-2-13(21)12-15(16)17(18,19)20/h2-3,12,14H,4-11,21H2,1H3. The van der Waals surface area contributed by atoms with Crippen LogP contribution in [0.4, 0.5) is 24.5 Å². The Labute approximate surface area is 141 Å². The molecule has 2 aliphatic heterocycles. The van der Waals surface area contributed by atoms with E-state index in [2.05, 4.69) is 16.8 Å². The Morgan fingerprint density at radius 2 is 1.62 bits per heavy atom. The van der Waals surface area contributed by atoms with Crippen LogP contribution in [0.1, 0.15) is 18.4 Å². The van der Waals surface area contributed by atoms with Crippen LogP contribution in [0.5, 0.6) is 0 Å². The lowest BCUT2D eigenvalue weighted by Crippen LogP contribution is -2.52. The van der Waals surface area contributed by atoms with Gasteiger partial charge < -0.3 is 15.5 Å². The van der Waals surface area contributed by atoms with E-state index >= 15 is 0 Å². The number of rotatable bonds is 2. The van der Waals surface area contributed by atoms with E-state index < -0.39 is 11.7 Å². The minimum Gasteiger partial charge on any atom is -0.399 e. The Hall–Kier alpha value is -1.47. The Balaban J connectivity index is 1.67. The number of piperazine rings is 1. The lowest BCUT2D eigenvalue weighted by atomic mass is 10.00. The fourth-order valence-corrected chi connectivity index (χ4v) is 3.72. The number of alkyl halides is 3. The van der Waals surface area contributed by atoms with Crippen molar-refractivity contribution in [3.05, 3.63) is 23.8 Å². The summed E-state index contributed by atoms with van der Waals surface area (Å²) in [4.78, 5) is 6.66. The maximum absolute atomic E-state index is 13.3. The number of anilines is 2. The molecule has 24 heavy (non-hydrogen) atoms. The highest BCUT2D eigenvalue weighted by Crippen LogP contribution is 2.38. The molecule has 7 heteroatoms. The van der Waals surface area contributed by atoms with Crippen molar-refractivity contribution in [1.82, 2.24) is 9.80 Å². The molecule has 0 aromatic heterocycles. The number of hydrogen-bond acceptors (Lipinski definition) is 4. The maximum atomic E-state index is 13.3. The maximum Gasteiger partial charge on any atom is 0.418 e. The molecule has 2 fully saturated rings. The molecule has 2 N–H and O–H groups in total. The molecule has 0 atom stereocenters. The summed E-state index contributed by atoms with van der Waals surface area (Å²) >= 11 is 0. The van der Waals surface area contributed by atoms with E-state index in [-0.39, 0.29) is 11.4 Å². The molecular formula is C17H25F3N4. The van der Waals surface area contributed by atoms with Gasteiger partial charge in [-0.25, -0.2) is 0 Å². The summed E-state index contributed by atoms with van der Waals surface area (Å²) in [6.07, 6.45) is -2.56. The summed E-state index contributed by atoms with van der Waals surface area (Å²) < 4.78 is 39.9. The molecule has 0 saturated carbocycles. The van der Waals surface area contributed by atoms with Gasteiger partial charge in [-0.15, -0.1) is 0 Å². The van der Waals surface area contributed by atoms with Gasteiger partial charge in [0, 0.05) is 56.7 Å². The zero-order valence-corrected chi connectivity index (χ0v) is 14.0. The fraction of sp³-hybridized carbons (Fsp3) is 0.647. The quantitative estimate of drug-likeness (QED) is 0.838. The van der Waals surface area contributed by atoms with Gasteiger partial charge in [0.15, 0.2) is 0 Å². The number of hydrogen-bond donors (Lipinski definition) is 1. The summed E-state index contributed by atoms with van der Waals surface area (Å²) in [5.74, 6) is 0. The molecule has 0 amide bonds. The van der Waals surface area contributed by atoms with Crippen molar-refractivity contribution in [3.63, 3.8) is 0 Å². The van der Waals surface area contributed by atoms with Crippen LogP contribution in [0.15, 0.2) is 18.2 Å². The zero-order valence-electron chi connectivity index (χ0n) is 14.0. The van der Waals surface area contributed by atoms with Crippen molar-refractivity contribution in [1.29, 1.82) is 0 Å². The van der Waals surface area contributed by atoms with Gasteiger partial charge in [0.1, 0.15) is 0 Å². The Kier molecular flexibility index (Phi) is 4.92. The van der Waals surface area contributed by atoms with E-state index in [0.717, 1.165) is 45.1 Å². The molecule has 0 aliphatic carbocycles. The summed E-state index contributed by atoms with van der Waals surface area (Å²) in [6, 6.07) is 4.59. The van der Waals surface area contributed by atoms with Gasteiger partial charge in [-0.2, -0.15) is 13.2 Å². The minimum atomic E-state index is -4.38. The summed E-state index contributed by atoms with van der Waals surface area (Å²) in [5.41, 5.74) is 5.34. The first-order chi connectivity index (χ1) is 11.3. The van der Waals surface area contributed by atoms with Gasteiger partial charge in [-0.3, -0.25) is 4.90 Å². The Morgan fingerprint density at radius 1 is 1.00 bits per heavy atom. The number of benzene rings is 1. The average molecular weight is 342 g/mol. The van der Waals surface area contributed by atoms with Gasteiger partial charge in [0.25, 0.3) is 0 Å². The third kappa shape index (κ3) is 3.78. The summed E-state index contributed by atoms with van der Waals surface area (Å²) in [7, 11) is 2.12. The normalized spacial score (nSPS) is 22.1. The third-order valence-electron chi connectivity index (χ3n) is 5.19. The van der Waals surface area contributed by atoms with Gasteiger partial charge >= 0.3 is 6.18 Å². The molecule has 2 saturated heterocycles. The van der Waals surface area contributed by atoms with E-state index in [9.17, 15) is 13.2 Å². The van der Waals surface area contributed by atoms with Crippen LogP contribution in [0.25, 0.3) is 0 Å². The minimum absolute atomic E-state index is 0.151. The number of halogens is 3. The van der Waals surface area contributed by atoms with E-state index in [1.165, 1.54) is 6.07 Å². The Bertz CT molecular complexity index is 559. The smallest absolute Gasteiger partial charge is 0.399 e. The number of nitrogens with two attached hydrogens (primary N) is 1. The predicted octanol–water partition coefficient (Wildman–Crippen LogP) is 2.50. The average Bonchev–Trinajstić information content (AvgIpc) is 2.55. The van der Waals surface area contributed by atoms with Crippen molar-refractivity contribution in [2.45, 2.75) is 25.1 Å². The predicted molar refractivity (Wildman–Crippen MR) is 90.2 cm³/mol. The largest absolute Gasteiger partial charge is 0.418 e. The zero-order chi connectivity index (χ0) is 17.3. The highest BCUT2D eigenvalue weighted by atomic mass is 19.4. The molecule has 2 heterocycles. The highest BCUT2D eigenvalue weighted by molar-refractivity contribution is 5.61. The molecular weight excluding hydrogens is 317 g/mol. The van der Waals surface area contributed by atoms with Gasteiger partial charge in [0.05, 0.1) is 5.56 Å². The lowest BCUT2D eigenvalue weighted by molar-refractivity contribution is -0.137. The van der Waals surface area contributed by atoms with Gasteiger partial charge in [0.2, 0.25) is 0 Å². The van der Waals surface area contributed by atoms with E-state index in [1.54, 1.807) is 6.07 Å². The topological polar surface area (TPSA) is 35.7 Å². The number of nitrogen functional groups attached to an aromatic ring is 1. The highest BCUT2D eigenvalue weighted by Gasteiger charge is 2.36. The monoisotopic (exact) mass is 342 g/mol. The molecule has 0 spiro atoms. The van der Waals surface area contributed by atoms with Crippen molar-refractivity contribution < 1.29 is 13.2 Å².